The van der Waals surface area contributed by atoms with Gasteiger partial charge in [0.25, 0.3) is 0 Å². The van der Waals surface area contributed by atoms with Crippen LogP contribution in [0.2, 0.25) is 0 Å². The van der Waals surface area contributed by atoms with Crippen molar-refractivity contribution in [1.29, 1.82) is 0 Å². The molecule has 1 amide bonds. The number of nitrogens with one attached hydrogen (secondary N) is 2. The summed E-state index contributed by atoms with van der Waals surface area (Å²) >= 11 is 0. The minimum atomic E-state index is -0.576. The number of methoxy groups -OCH3 is 2. The van der Waals surface area contributed by atoms with E-state index < -0.39 is 5.63 Å². The van der Waals surface area contributed by atoms with Gasteiger partial charge in [-0.1, -0.05) is 0 Å². The molecule has 166 valence electrons. The van der Waals surface area contributed by atoms with Crippen molar-refractivity contribution < 1.29 is 23.1 Å². The third-order valence-electron chi connectivity index (χ3n) is 5.56. The summed E-state index contributed by atoms with van der Waals surface area (Å²) in [5, 5.41) is 4.23. The first-order valence-electron chi connectivity index (χ1n) is 10.1. The predicted octanol–water partition coefficient (Wildman–Crippen LogP) is 3.64. The van der Waals surface area contributed by atoms with Crippen LogP contribution in [-0.2, 0) is 17.6 Å². The lowest BCUT2D eigenvalue weighted by Gasteiger charge is -2.12. The summed E-state index contributed by atoms with van der Waals surface area (Å²) in [6, 6.07) is 7.85. The van der Waals surface area contributed by atoms with Crippen molar-refractivity contribution in [2.24, 2.45) is 0 Å². The van der Waals surface area contributed by atoms with Crippen LogP contribution in [0.1, 0.15) is 16.7 Å². The fraction of sp³-hybridized carbons (Fsp3) is 0.250. The lowest BCUT2D eigenvalue weighted by molar-refractivity contribution is -0.120. The molecule has 0 saturated heterocycles. The molecule has 2 aromatic carbocycles. The standard InChI is InChI=1S/C24H23FN2O5/c1-13-17(24(29)32-21-10-16(30-2)9-20(31-3)23(13)21)11-22(28)26-7-6-14-12-27-19-5-4-15(25)8-18(14)19/h4-5,8-10,12,27H,6-7,11H2,1-3H3,(H,26,28). The number of carbonyl (C=O) groups is 1. The number of hydrogen-bond acceptors (Lipinski definition) is 5. The van der Waals surface area contributed by atoms with Crippen molar-refractivity contribution in [3.8, 4) is 11.5 Å². The highest BCUT2D eigenvalue weighted by atomic mass is 19.1. The number of aromatic amines is 1. The summed E-state index contributed by atoms with van der Waals surface area (Å²) < 4.78 is 29.6. The molecule has 0 aliphatic carbocycles. The highest BCUT2D eigenvalue weighted by molar-refractivity contribution is 5.90. The molecule has 0 spiro atoms. The second-order valence-electron chi connectivity index (χ2n) is 7.48. The number of H-pyrrole nitrogens is 1. The van der Waals surface area contributed by atoms with Crippen LogP contribution in [-0.4, -0.2) is 31.7 Å². The summed E-state index contributed by atoms with van der Waals surface area (Å²) in [6.45, 7) is 2.11. The zero-order chi connectivity index (χ0) is 22.8. The van der Waals surface area contributed by atoms with Gasteiger partial charge in [0, 0.05) is 35.8 Å². The molecular weight excluding hydrogens is 415 g/mol. The molecule has 0 aliphatic rings. The Morgan fingerprint density at radius 2 is 2.00 bits per heavy atom. The molecule has 8 heteroatoms. The van der Waals surface area contributed by atoms with Crippen molar-refractivity contribution in [2.45, 2.75) is 19.8 Å². The maximum Gasteiger partial charge on any atom is 0.340 e. The summed E-state index contributed by atoms with van der Waals surface area (Å²) in [4.78, 5) is 28.2. The summed E-state index contributed by atoms with van der Waals surface area (Å²) in [7, 11) is 3.03. The SMILES string of the molecule is COc1cc(OC)c2c(C)c(CC(=O)NCCc3c[nH]c4ccc(F)cc34)c(=O)oc2c1. The van der Waals surface area contributed by atoms with E-state index in [1.54, 1.807) is 31.3 Å². The minimum Gasteiger partial charge on any atom is -0.496 e. The highest BCUT2D eigenvalue weighted by Crippen LogP contribution is 2.33. The zero-order valence-corrected chi connectivity index (χ0v) is 18.0. The van der Waals surface area contributed by atoms with Crippen LogP contribution >= 0.6 is 0 Å². The van der Waals surface area contributed by atoms with Crippen molar-refractivity contribution in [2.75, 3.05) is 20.8 Å². The molecular formula is C24H23FN2O5. The van der Waals surface area contributed by atoms with Crippen molar-refractivity contribution >= 4 is 27.8 Å². The van der Waals surface area contributed by atoms with Crippen molar-refractivity contribution in [3.63, 3.8) is 0 Å². The van der Waals surface area contributed by atoms with Crippen LogP contribution in [0, 0.1) is 12.7 Å². The summed E-state index contributed by atoms with van der Waals surface area (Å²) in [5.74, 6) is 0.376. The van der Waals surface area contributed by atoms with Crippen LogP contribution in [0.4, 0.5) is 4.39 Å². The fourth-order valence-electron chi connectivity index (χ4n) is 3.88. The number of rotatable bonds is 7. The number of halogens is 1. The van der Waals surface area contributed by atoms with E-state index in [1.165, 1.54) is 26.4 Å². The van der Waals surface area contributed by atoms with Gasteiger partial charge in [-0.3, -0.25) is 4.79 Å². The minimum absolute atomic E-state index is 0.123. The third kappa shape index (κ3) is 4.03. The lowest BCUT2D eigenvalue weighted by atomic mass is 10.0. The van der Waals surface area contributed by atoms with Gasteiger partial charge in [-0.25, -0.2) is 9.18 Å². The summed E-state index contributed by atoms with van der Waals surface area (Å²) in [6.07, 6.45) is 2.20. The van der Waals surface area contributed by atoms with E-state index in [9.17, 15) is 14.0 Å². The van der Waals surface area contributed by atoms with Gasteiger partial charge in [0.05, 0.1) is 31.6 Å². The van der Waals surface area contributed by atoms with Crippen LogP contribution < -0.4 is 20.4 Å². The Kier molecular flexibility index (Phi) is 5.85. The molecule has 32 heavy (non-hydrogen) atoms. The highest BCUT2D eigenvalue weighted by Gasteiger charge is 2.18. The predicted molar refractivity (Wildman–Crippen MR) is 119 cm³/mol. The van der Waals surface area contributed by atoms with E-state index in [2.05, 4.69) is 10.3 Å². The molecule has 0 atom stereocenters. The Hall–Kier alpha value is -3.81. The molecule has 4 rings (SSSR count). The summed E-state index contributed by atoms with van der Waals surface area (Å²) in [5.41, 5.74) is 2.39. The molecule has 0 aliphatic heterocycles. The monoisotopic (exact) mass is 438 g/mol. The Labute approximate surface area is 183 Å². The first-order chi connectivity index (χ1) is 15.4. The number of aromatic nitrogens is 1. The lowest BCUT2D eigenvalue weighted by Crippen LogP contribution is -2.29. The molecule has 0 bridgehead atoms. The normalized spacial score (nSPS) is 11.1. The second-order valence-corrected chi connectivity index (χ2v) is 7.48. The number of fused-ring (bicyclic) bond motifs is 2. The van der Waals surface area contributed by atoms with E-state index in [1.807, 2.05) is 0 Å². The van der Waals surface area contributed by atoms with E-state index in [-0.39, 0.29) is 23.7 Å². The molecule has 7 nitrogen and oxygen atoms in total. The zero-order valence-electron chi connectivity index (χ0n) is 18.0. The van der Waals surface area contributed by atoms with Crippen molar-refractivity contribution in [1.82, 2.24) is 10.3 Å². The quantitative estimate of drug-likeness (QED) is 0.430. The first kappa shape index (κ1) is 21.4. The molecule has 4 aromatic rings. The molecule has 0 radical (unpaired) electrons. The van der Waals surface area contributed by atoms with Crippen LogP contribution in [0.3, 0.4) is 0 Å². The third-order valence-corrected chi connectivity index (χ3v) is 5.56. The number of ether oxygens (including phenoxy) is 2. The molecule has 0 fully saturated rings. The van der Waals surface area contributed by atoms with E-state index in [0.717, 1.165) is 16.5 Å². The molecule has 2 aromatic heterocycles. The number of amides is 1. The Morgan fingerprint density at radius 3 is 2.75 bits per heavy atom. The van der Waals surface area contributed by atoms with E-state index in [0.29, 0.717) is 41.0 Å². The fourth-order valence-corrected chi connectivity index (χ4v) is 3.88. The molecule has 2 heterocycles. The van der Waals surface area contributed by atoms with Gasteiger partial charge in [-0.05, 0) is 42.7 Å². The molecule has 2 N–H and O–H groups in total. The van der Waals surface area contributed by atoms with Crippen molar-refractivity contribution in [3.05, 3.63) is 69.5 Å². The van der Waals surface area contributed by atoms with Crippen LogP contribution in [0.15, 0.2) is 45.7 Å². The number of carbonyl (C=O) groups excluding carboxylic acids is 1. The maximum absolute atomic E-state index is 13.5. The smallest absolute Gasteiger partial charge is 0.340 e. The average Bonchev–Trinajstić information content (AvgIpc) is 3.17. The van der Waals surface area contributed by atoms with Gasteiger partial charge in [0.15, 0.2) is 0 Å². The number of benzene rings is 2. The van der Waals surface area contributed by atoms with Gasteiger partial charge in [0.1, 0.15) is 22.9 Å². The Balaban J connectivity index is 1.50. The maximum atomic E-state index is 13.5. The molecule has 0 saturated carbocycles. The second kappa shape index (κ2) is 8.74. The molecule has 0 unspecified atom stereocenters. The van der Waals surface area contributed by atoms with Gasteiger partial charge in [-0.2, -0.15) is 0 Å². The van der Waals surface area contributed by atoms with Gasteiger partial charge in [0.2, 0.25) is 5.91 Å². The van der Waals surface area contributed by atoms with Crippen LogP contribution in [0.25, 0.3) is 21.9 Å². The van der Waals surface area contributed by atoms with Gasteiger partial charge >= 0.3 is 5.63 Å². The average molecular weight is 438 g/mol. The number of hydrogen-bond donors (Lipinski definition) is 2. The van der Waals surface area contributed by atoms with Crippen LogP contribution in [0.5, 0.6) is 11.5 Å². The largest absolute Gasteiger partial charge is 0.496 e. The number of aryl methyl sites for hydroxylation is 1. The van der Waals surface area contributed by atoms with Gasteiger partial charge < -0.3 is 24.2 Å². The van der Waals surface area contributed by atoms with E-state index in [4.69, 9.17) is 13.9 Å². The van der Waals surface area contributed by atoms with Gasteiger partial charge in [-0.15, -0.1) is 0 Å². The topological polar surface area (TPSA) is 93.6 Å². The Morgan fingerprint density at radius 1 is 1.19 bits per heavy atom. The first-order valence-corrected chi connectivity index (χ1v) is 10.1. The van der Waals surface area contributed by atoms with E-state index >= 15 is 0 Å². The Bertz CT molecular complexity index is 1370.